The summed E-state index contributed by atoms with van der Waals surface area (Å²) in [4.78, 5) is 23.3. The molecule has 2 amide bonds. The summed E-state index contributed by atoms with van der Waals surface area (Å²) in [6.07, 6.45) is 0.0357. The molecule has 0 saturated heterocycles. The third-order valence-corrected chi connectivity index (χ3v) is 4.99. The number of benzene rings is 2. The van der Waals surface area contributed by atoms with Crippen molar-refractivity contribution in [2.45, 2.75) is 24.3 Å². The van der Waals surface area contributed by atoms with Crippen molar-refractivity contribution in [3.8, 4) is 0 Å². The molecule has 1 atom stereocenters. The monoisotopic (exact) mass is 362 g/mol. The van der Waals surface area contributed by atoms with Gasteiger partial charge in [0.1, 0.15) is 6.04 Å². The second-order valence-corrected chi connectivity index (χ2v) is 7.08. The molecule has 0 bridgehead atoms. The van der Waals surface area contributed by atoms with E-state index in [2.05, 4.69) is 5.32 Å². The lowest BCUT2D eigenvalue weighted by molar-refractivity contribution is -0.139. The molecule has 0 radical (unpaired) electrons. The molecule has 0 aliphatic carbocycles. The summed E-state index contributed by atoms with van der Waals surface area (Å²) >= 11 is 0. The van der Waals surface area contributed by atoms with Crippen LogP contribution in [-0.2, 0) is 21.2 Å². The van der Waals surface area contributed by atoms with Gasteiger partial charge in [0.25, 0.3) is 10.0 Å². The van der Waals surface area contributed by atoms with Gasteiger partial charge in [-0.1, -0.05) is 48.5 Å². The molecule has 2 rings (SSSR count). The quantitative estimate of drug-likeness (QED) is 0.724. The number of carboxylic acid groups (broad SMARTS) is 1. The minimum Gasteiger partial charge on any atom is -0.480 e. The molecule has 132 valence electrons. The Morgan fingerprint density at radius 2 is 1.64 bits per heavy atom. The maximum Gasteiger partial charge on any atom is 0.329 e. The Kier molecular flexibility index (Phi) is 5.76. The van der Waals surface area contributed by atoms with E-state index in [1.165, 1.54) is 12.1 Å². The molecule has 0 saturated carbocycles. The van der Waals surface area contributed by atoms with Crippen molar-refractivity contribution in [1.82, 2.24) is 10.0 Å². The van der Waals surface area contributed by atoms with E-state index < -0.39 is 28.1 Å². The van der Waals surface area contributed by atoms with Crippen molar-refractivity contribution in [3.63, 3.8) is 0 Å². The molecule has 8 heteroatoms. The van der Waals surface area contributed by atoms with Crippen LogP contribution in [0.5, 0.6) is 0 Å². The van der Waals surface area contributed by atoms with E-state index in [-0.39, 0.29) is 11.3 Å². The predicted octanol–water partition coefficient (Wildman–Crippen LogP) is 1.68. The number of carbonyl (C=O) groups excluding carboxylic acids is 1. The van der Waals surface area contributed by atoms with Crippen LogP contribution in [-0.4, -0.2) is 31.6 Å². The molecule has 0 aromatic heterocycles. The van der Waals surface area contributed by atoms with Gasteiger partial charge in [-0.15, -0.1) is 0 Å². The van der Waals surface area contributed by atoms with Crippen LogP contribution >= 0.6 is 0 Å². The SMILES string of the molecule is Cc1ccccc1S(=O)(=O)NC(=O)NC(Cc1ccccc1)C(=O)O. The lowest BCUT2D eigenvalue weighted by Gasteiger charge is -2.16. The van der Waals surface area contributed by atoms with E-state index in [9.17, 15) is 23.1 Å². The van der Waals surface area contributed by atoms with Crippen LogP contribution in [0.3, 0.4) is 0 Å². The van der Waals surface area contributed by atoms with E-state index in [4.69, 9.17) is 0 Å². The second kappa shape index (κ2) is 7.80. The van der Waals surface area contributed by atoms with Crippen LogP contribution in [0.4, 0.5) is 4.79 Å². The van der Waals surface area contributed by atoms with Gasteiger partial charge < -0.3 is 10.4 Å². The zero-order valence-electron chi connectivity index (χ0n) is 13.5. The highest BCUT2D eigenvalue weighted by Crippen LogP contribution is 2.13. The van der Waals surface area contributed by atoms with Crippen LogP contribution < -0.4 is 10.0 Å². The molecule has 1 unspecified atom stereocenters. The van der Waals surface area contributed by atoms with Crippen LogP contribution in [0.2, 0.25) is 0 Å². The Morgan fingerprint density at radius 1 is 1.04 bits per heavy atom. The standard InChI is InChI=1S/C17H18N2O5S/c1-12-7-5-6-10-15(12)25(23,24)19-17(22)18-14(16(20)21)11-13-8-3-2-4-9-13/h2-10,14H,11H2,1H3,(H,20,21)(H2,18,19,22). The molecule has 0 aliphatic heterocycles. The van der Waals surface area contributed by atoms with Gasteiger partial charge in [-0.05, 0) is 24.1 Å². The number of sulfonamides is 1. The van der Waals surface area contributed by atoms with E-state index in [0.717, 1.165) is 0 Å². The van der Waals surface area contributed by atoms with E-state index in [1.54, 1.807) is 49.4 Å². The Bertz CT molecular complexity index is 866. The number of aliphatic carboxylic acids is 1. The summed E-state index contributed by atoms with van der Waals surface area (Å²) in [5.41, 5.74) is 1.18. The number of rotatable bonds is 6. The highest BCUT2D eigenvalue weighted by atomic mass is 32.2. The smallest absolute Gasteiger partial charge is 0.329 e. The topological polar surface area (TPSA) is 113 Å². The molecule has 7 nitrogen and oxygen atoms in total. The number of carboxylic acids is 1. The van der Waals surface area contributed by atoms with Crippen LogP contribution in [0.25, 0.3) is 0 Å². The molecule has 3 N–H and O–H groups in total. The fourth-order valence-corrected chi connectivity index (χ4v) is 3.44. The summed E-state index contributed by atoms with van der Waals surface area (Å²) in [6, 6.07) is 12.6. The zero-order chi connectivity index (χ0) is 18.4. The second-order valence-electron chi connectivity index (χ2n) is 5.43. The van der Waals surface area contributed by atoms with Crippen LogP contribution in [0.15, 0.2) is 59.5 Å². The van der Waals surface area contributed by atoms with Gasteiger partial charge in [0.2, 0.25) is 0 Å². The Hall–Kier alpha value is -2.87. The zero-order valence-corrected chi connectivity index (χ0v) is 14.3. The van der Waals surface area contributed by atoms with Gasteiger partial charge in [-0.25, -0.2) is 22.7 Å². The van der Waals surface area contributed by atoms with Crippen LogP contribution in [0.1, 0.15) is 11.1 Å². The maximum atomic E-state index is 12.3. The molecule has 2 aromatic rings. The molecular formula is C17H18N2O5S. The molecule has 2 aromatic carbocycles. The first-order chi connectivity index (χ1) is 11.8. The molecule has 0 spiro atoms. The lowest BCUT2D eigenvalue weighted by atomic mass is 10.1. The van der Waals surface area contributed by atoms with Crippen molar-refractivity contribution in [2.75, 3.05) is 0 Å². The number of aryl methyl sites for hydroxylation is 1. The molecule has 25 heavy (non-hydrogen) atoms. The third-order valence-electron chi connectivity index (χ3n) is 3.50. The van der Waals surface area contributed by atoms with Gasteiger partial charge in [-0.2, -0.15) is 0 Å². The van der Waals surface area contributed by atoms with E-state index in [0.29, 0.717) is 11.1 Å². The Labute approximate surface area is 145 Å². The minimum absolute atomic E-state index is 0.0357. The minimum atomic E-state index is -4.09. The number of amides is 2. The average molecular weight is 362 g/mol. The largest absolute Gasteiger partial charge is 0.480 e. The van der Waals surface area contributed by atoms with Crippen molar-refractivity contribution in [3.05, 3.63) is 65.7 Å². The predicted molar refractivity (Wildman–Crippen MR) is 91.6 cm³/mol. The number of urea groups is 1. The highest BCUT2D eigenvalue weighted by Gasteiger charge is 2.24. The number of nitrogens with one attached hydrogen (secondary N) is 2. The summed E-state index contributed by atoms with van der Waals surface area (Å²) in [6.45, 7) is 1.60. The van der Waals surface area contributed by atoms with Gasteiger partial charge in [0.05, 0.1) is 4.90 Å². The Morgan fingerprint density at radius 3 is 2.24 bits per heavy atom. The summed E-state index contributed by atoms with van der Waals surface area (Å²) in [7, 11) is -4.09. The van der Waals surface area contributed by atoms with Crippen LogP contribution in [0, 0.1) is 6.92 Å². The number of hydrogen-bond acceptors (Lipinski definition) is 4. The molecule has 0 aliphatic rings. The molecular weight excluding hydrogens is 344 g/mol. The van der Waals surface area contributed by atoms with Crippen molar-refractivity contribution in [2.24, 2.45) is 0 Å². The van der Waals surface area contributed by atoms with E-state index >= 15 is 0 Å². The van der Waals surface area contributed by atoms with Gasteiger partial charge in [-0.3, -0.25) is 0 Å². The first kappa shape index (κ1) is 18.5. The van der Waals surface area contributed by atoms with Gasteiger partial charge in [0.15, 0.2) is 0 Å². The number of hydrogen-bond donors (Lipinski definition) is 3. The average Bonchev–Trinajstić information content (AvgIpc) is 2.54. The third kappa shape index (κ3) is 5.05. The normalized spacial score (nSPS) is 12.2. The molecule has 0 heterocycles. The van der Waals surface area contributed by atoms with Gasteiger partial charge >= 0.3 is 12.0 Å². The summed E-state index contributed by atoms with van der Waals surface area (Å²) in [5, 5.41) is 11.4. The lowest BCUT2D eigenvalue weighted by Crippen LogP contribution is -2.48. The summed E-state index contributed by atoms with van der Waals surface area (Å²) < 4.78 is 26.4. The van der Waals surface area contributed by atoms with Crippen molar-refractivity contribution in [1.29, 1.82) is 0 Å². The fraction of sp³-hybridized carbons (Fsp3) is 0.176. The first-order valence-corrected chi connectivity index (χ1v) is 8.93. The highest BCUT2D eigenvalue weighted by molar-refractivity contribution is 7.90. The van der Waals surface area contributed by atoms with E-state index in [1.807, 2.05) is 4.72 Å². The van der Waals surface area contributed by atoms with Crippen molar-refractivity contribution >= 4 is 22.0 Å². The summed E-state index contributed by atoms with van der Waals surface area (Å²) in [5.74, 6) is -1.26. The number of carbonyl (C=O) groups is 2. The maximum absolute atomic E-state index is 12.3. The first-order valence-electron chi connectivity index (χ1n) is 7.45. The fourth-order valence-electron chi connectivity index (χ4n) is 2.27. The molecule has 0 fully saturated rings. The Balaban J connectivity index is 2.09. The van der Waals surface area contributed by atoms with Crippen molar-refractivity contribution < 1.29 is 23.1 Å². The van der Waals surface area contributed by atoms with Gasteiger partial charge in [0, 0.05) is 6.42 Å².